The zero-order valence-corrected chi connectivity index (χ0v) is 15.1. The largest absolute Gasteiger partial charge is 0.441 e. The summed E-state index contributed by atoms with van der Waals surface area (Å²) in [7, 11) is 0. The number of H-pyrrole nitrogens is 2. The molecule has 2 N–H and O–H groups in total. The van der Waals surface area contributed by atoms with E-state index in [4.69, 9.17) is 4.42 Å². The molecule has 3 aromatic rings. The fraction of sp³-hybridized carbons (Fsp3) is 0.412. The summed E-state index contributed by atoms with van der Waals surface area (Å²) in [6, 6.07) is 1.95. The maximum absolute atomic E-state index is 12.6. The number of carbonyl (C=O) groups excluding carboxylic acids is 1. The molecule has 0 unspecified atom stereocenters. The smallest absolute Gasteiger partial charge is 0.340 e. The number of amides is 1. The molecular formula is C17H19N5O3S. The van der Waals surface area contributed by atoms with Crippen LogP contribution in [0.4, 0.5) is 0 Å². The molecule has 0 aliphatic carbocycles. The van der Waals surface area contributed by atoms with Gasteiger partial charge in [-0.15, -0.1) is 0 Å². The molecule has 9 heteroatoms. The summed E-state index contributed by atoms with van der Waals surface area (Å²) in [4.78, 5) is 32.8. The van der Waals surface area contributed by atoms with E-state index in [1.807, 2.05) is 28.7 Å². The Balaban J connectivity index is 1.38. The van der Waals surface area contributed by atoms with Gasteiger partial charge in [-0.3, -0.25) is 9.78 Å². The van der Waals surface area contributed by atoms with Crippen molar-refractivity contribution in [3.8, 4) is 11.5 Å². The van der Waals surface area contributed by atoms with E-state index in [1.165, 1.54) is 0 Å². The van der Waals surface area contributed by atoms with E-state index >= 15 is 0 Å². The van der Waals surface area contributed by atoms with Crippen molar-refractivity contribution in [1.29, 1.82) is 0 Å². The second-order valence-corrected chi connectivity index (χ2v) is 7.21. The topological polar surface area (TPSA) is 108 Å². The summed E-state index contributed by atoms with van der Waals surface area (Å²) in [5.41, 5.74) is 1.34. The molecule has 1 amide bonds. The Morgan fingerprint density at radius 2 is 2.23 bits per heavy atom. The molecule has 136 valence electrons. The molecule has 4 rings (SSSR count). The summed E-state index contributed by atoms with van der Waals surface area (Å²) >= 11 is 1.58. The fourth-order valence-corrected chi connectivity index (χ4v) is 3.87. The van der Waals surface area contributed by atoms with Crippen molar-refractivity contribution >= 4 is 17.2 Å². The van der Waals surface area contributed by atoms with Crippen LogP contribution < -0.4 is 5.69 Å². The van der Waals surface area contributed by atoms with Gasteiger partial charge in [0.1, 0.15) is 11.6 Å². The number of nitrogens with zero attached hydrogens (tertiary/aromatic N) is 3. The van der Waals surface area contributed by atoms with Crippen molar-refractivity contribution in [2.75, 3.05) is 13.1 Å². The lowest BCUT2D eigenvalue weighted by molar-refractivity contribution is -0.131. The van der Waals surface area contributed by atoms with Crippen LogP contribution in [0.1, 0.15) is 36.0 Å². The number of nitrogens with one attached hydrogen (secondary N) is 2. The lowest BCUT2D eigenvalue weighted by atomic mass is 9.96. The molecule has 3 aromatic heterocycles. The Kier molecular flexibility index (Phi) is 4.46. The van der Waals surface area contributed by atoms with E-state index in [0.717, 1.165) is 18.4 Å². The van der Waals surface area contributed by atoms with Gasteiger partial charge in [-0.1, -0.05) is 0 Å². The zero-order chi connectivity index (χ0) is 18.1. The first-order chi connectivity index (χ1) is 12.6. The van der Waals surface area contributed by atoms with Crippen LogP contribution in [0.15, 0.2) is 26.0 Å². The number of aryl methyl sites for hydroxylation is 1. The number of hydrogen-bond donors (Lipinski definition) is 2. The molecule has 0 saturated carbocycles. The number of carbonyl (C=O) groups is 1. The molecule has 1 fully saturated rings. The minimum atomic E-state index is -0.290. The van der Waals surface area contributed by atoms with Gasteiger partial charge in [0.15, 0.2) is 0 Å². The monoisotopic (exact) mass is 373 g/mol. The van der Waals surface area contributed by atoms with Gasteiger partial charge < -0.3 is 9.32 Å². The Morgan fingerprint density at radius 1 is 1.42 bits per heavy atom. The maximum atomic E-state index is 12.6. The summed E-state index contributed by atoms with van der Waals surface area (Å²) in [6.45, 7) is 3.13. The molecule has 4 heterocycles. The van der Waals surface area contributed by atoms with Crippen molar-refractivity contribution in [1.82, 2.24) is 25.1 Å². The molecule has 0 spiro atoms. The Labute approximate surface area is 153 Å². The SMILES string of the molecule is Cc1oc(-c2ccsc2)nc1CC(=O)N1CCC(c2n[nH]c(=O)[nH]2)CC1. The van der Waals surface area contributed by atoms with E-state index in [-0.39, 0.29) is 23.9 Å². The Hall–Kier alpha value is -2.68. The molecule has 1 saturated heterocycles. The molecule has 0 bridgehead atoms. The number of oxazole rings is 1. The van der Waals surface area contributed by atoms with Gasteiger partial charge in [-0.25, -0.2) is 14.9 Å². The summed E-state index contributed by atoms with van der Waals surface area (Å²) in [5, 5.41) is 10.3. The predicted molar refractivity (Wildman–Crippen MR) is 96.0 cm³/mol. The van der Waals surface area contributed by atoms with Crippen molar-refractivity contribution in [2.24, 2.45) is 0 Å². The molecule has 26 heavy (non-hydrogen) atoms. The van der Waals surface area contributed by atoms with E-state index in [2.05, 4.69) is 20.2 Å². The highest BCUT2D eigenvalue weighted by Crippen LogP contribution is 2.26. The molecule has 0 atom stereocenters. The highest BCUT2D eigenvalue weighted by atomic mass is 32.1. The molecular weight excluding hydrogens is 354 g/mol. The third-order valence-corrected chi connectivity index (χ3v) is 5.42. The number of likely N-dealkylation sites (tertiary alicyclic amines) is 1. The maximum Gasteiger partial charge on any atom is 0.340 e. The molecule has 8 nitrogen and oxygen atoms in total. The normalized spacial score (nSPS) is 15.5. The fourth-order valence-electron chi connectivity index (χ4n) is 3.24. The van der Waals surface area contributed by atoms with Crippen LogP contribution in [0.2, 0.25) is 0 Å². The van der Waals surface area contributed by atoms with Crippen LogP contribution in [0.3, 0.4) is 0 Å². The predicted octanol–water partition coefficient (Wildman–Crippen LogP) is 2.07. The average molecular weight is 373 g/mol. The highest BCUT2D eigenvalue weighted by Gasteiger charge is 2.26. The van der Waals surface area contributed by atoms with Crippen molar-refractivity contribution in [3.05, 3.63) is 44.6 Å². The number of hydrogen-bond acceptors (Lipinski definition) is 6. The molecule has 1 aliphatic rings. The van der Waals surface area contributed by atoms with Crippen LogP contribution in [-0.4, -0.2) is 44.1 Å². The lowest BCUT2D eigenvalue weighted by Gasteiger charge is -2.30. The Bertz CT molecular complexity index is 947. The van der Waals surface area contributed by atoms with E-state index in [9.17, 15) is 9.59 Å². The van der Waals surface area contributed by atoms with E-state index in [1.54, 1.807) is 11.3 Å². The first-order valence-corrected chi connectivity index (χ1v) is 9.45. The highest BCUT2D eigenvalue weighted by molar-refractivity contribution is 7.08. The second-order valence-electron chi connectivity index (χ2n) is 6.43. The Morgan fingerprint density at radius 3 is 2.88 bits per heavy atom. The van der Waals surface area contributed by atoms with Crippen LogP contribution in [0.5, 0.6) is 0 Å². The number of aromatic amines is 2. The van der Waals surface area contributed by atoms with Gasteiger partial charge in [-0.05, 0) is 31.2 Å². The first-order valence-electron chi connectivity index (χ1n) is 8.51. The zero-order valence-electron chi connectivity index (χ0n) is 14.3. The van der Waals surface area contributed by atoms with Crippen molar-refractivity contribution in [3.63, 3.8) is 0 Å². The first kappa shape index (κ1) is 16.8. The van der Waals surface area contributed by atoms with Crippen LogP contribution >= 0.6 is 11.3 Å². The number of aromatic nitrogens is 4. The lowest BCUT2D eigenvalue weighted by Crippen LogP contribution is -2.39. The van der Waals surface area contributed by atoms with Crippen LogP contribution in [0.25, 0.3) is 11.5 Å². The second kappa shape index (κ2) is 6.91. The molecule has 0 aromatic carbocycles. The quantitative estimate of drug-likeness (QED) is 0.728. The summed E-state index contributed by atoms with van der Waals surface area (Å²) in [6.07, 6.45) is 1.80. The standard InChI is InChI=1S/C17H19N5O3S/c1-10-13(18-16(25-10)12-4-7-26-9-12)8-14(23)22-5-2-11(3-6-22)15-19-17(24)21-20-15/h4,7,9,11H,2-3,5-6,8H2,1H3,(H2,19,20,21,24). The third-order valence-electron chi connectivity index (χ3n) is 4.73. The number of piperidine rings is 1. The third kappa shape index (κ3) is 3.34. The van der Waals surface area contributed by atoms with Gasteiger partial charge in [0, 0.05) is 30.0 Å². The van der Waals surface area contributed by atoms with Crippen molar-refractivity contribution < 1.29 is 9.21 Å². The minimum absolute atomic E-state index is 0.0484. The number of rotatable bonds is 4. The summed E-state index contributed by atoms with van der Waals surface area (Å²) in [5.74, 6) is 2.15. The van der Waals surface area contributed by atoms with Gasteiger partial charge in [-0.2, -0.15) is 16.4 Å². The van der Waals surface area contributed by atoms with Gasteiger partial charge in [0.25, 0.3) is 0 Å². The van der Waals surface area contributed by atoms with Crippen molar-refractivity contribution in [2.45, 2.75) is 32.1 Å². The van der Waals surface area contributed by atoms with Crippen LogP contribution in [-0.2, 0) is 11.2 Å². The van der Waals surface area contributed by atoms with E-state index in [0.29, 0.717) is 36.3 Å². The van der Waals surface area contributed by atoms with Gasteiger partial charge in [0.2, 0.25) is 11.8 Å². The van der Waals surface area contributed by atoms with Crippen LogP contribution in [0, 0.1) is 6.92 Å². The van der Waals surface area contributed by atoms with E-state index < -0.39 is 0 Å². The van der Waals surface area contributed by atoms with Gasteiger partial charge >= 0.3 is 5.69 Å². The minimum Gasteiger partial charge on any atom is -0.441 e. The summed E-state index contributed by atoms with van der Waals surface area (Å²) < 4.78 is 5.70. The van der Waals surface area contributed by atoms with Gasteiger partial charge in [0.05, 0.1) is 12.1 Å². The number of thiophene rings is 1. The molecule has 0 radical (unpaired) electrons. The molecule has 1 aliphatic heterocycles. The average Bonchev–Trinajstić information content (AvgIpc) is 3.37.